The van der Waals surface area contributed by atoms with Crippen LogP contribution in [0.5, 0.6) is 11.5 Å². The molecule has 2 amide bonds. The van der Waals surface area contributed by atoms with Crippen molar-refractivity contribution >= 4 is 46.7 Å². The van der Waals surface area contributed by atoms with Gasteiger partial charge in [-0.2, -0.15) is 0 Å². The molecule has 0 aliphatic carbocycles. The van der Waals surface area contributed by atoms with E-state index in [4.69, 9.17) is 16.3 Å². The molecular formula is C21H14ClN3O4S. The van der Waals surface area contributed by atoms with Gasteiger partial charge in [-0.25, -0.2) is 9.78 Å². The summed E-state index contributed by atoms with van der Waals surface area (Å²) in [5.41, 5.74) is 1.83. The second kappa shape index (κ2) is 7.23. The maximum Gasteiger partial charge on any atom is 0.327 e. The van der Waals surface area contributed by atoms with Crippen molar-refractivity contribution in [2.75, 3.05) is 4.90 Å². The molecule has 3 heterocycles. The fourth-order valence-electron chi connectivity index (χ4n) is 3.60. The first-order chi connectivity index (χ1) is 14.5. The second-order valence-electron chi connectivity index (χ2n) is 6.72. The lowest BCUT2D eigenvalue weighted by atomic mass is 10.0. The van der Waals surface area contributed by atoms with E-state index in [0.29, 0.717) is 38.5 Å². The predicted molar refractivity (Wildman–Crippen MR) is 113 cm³/mol. The third-order valence-electron chi connectivity index (χ3n) is 4.89. The molecule has 0 saturated carbocycles. The van der Waals surface area contributed by atoms with E-state index in [2.05, 4.69) is 10.3 Å². The number of halogens is 1. The summed E-state index contributed by atoms with van der Waals surface area (Å²) in [5, 5.41) is 12.4. The molecule has 2 aromatic carbocycles. The predicted octanol–water partition coefficient (Wildman–Crippen LogP) is 4.99. The molecule has 2 unspecified atom stereocenters. The van der Waals surface area contributed by atoms with Crippen molar-refractivity contribution in [3.8, 4) is 11.5 Å². The minimum absolute atomic E-state index is 0.342. The fraction of sp³-hybridized carbons (Fsp3) is 0.0952. The van der Waals surface area contributed by atoms with E-state index in [1.165, 1.54) is 4.90 Å². The molecule has 0 bridgehead atoms. The first kappa shape index (κ1) is 18.8. The van der Waals surface area contributed by atoms with Crippen molar-refractivity contribution in [1.29, 1.82) is 0 Å². The van der Waals surface area contributed by atoms with Crippen molar-refractivity contribution in [3.05, 3.63) is 71.4 Å². The lowest BCUT2D eigenvalue weighted by Gasteiger charge is -2.33. The zero-order valence-electron chi connectivity index (χ0n) is 15.3. The Morgan fingerprint density at radius 2 is 2.00 bits per heavy atom. The number of carboxylic acid groups (broad SMARTS) is 1. The largest absolute Gasteiger partial charge is 0.480 e. The molecule has 7 nitrogen and oxygen atoms in total. The molecule has 2 aliphatic heterocycles. The monoisotopic (exact) mass is 439 g/mol. The Hall–Kier alpha value is -3.23. The number of pyridine rings is 1. The van der Waals surface area contributed by atoms with Gasteiger partial charge in [-0.05, 0) is 36.4 Å². The molecule has 1 aromatic heterocycles. The van der Waals surface area contributed by atoms with E-state index in [1.54, 1.807) is 30.5 Å². The highest BCUT2D eigenvalue weighted by atomic mass is 35.5. The van der Waals surface area contributed by atoms with Crippen molar-refractivity contribution in [2.24, 2.45) is 0 Å². The number of aliphatic carboxylic acids is 1. The number of carbonyl (C=O) groups is 2. The Labute approximate surface area is 180 Å². The number of carboxylic acids is 1. The number of hydrogen-bond donors (Lipinski definition) is 2. The molecule has 9 heteroatoms. The van der Waals surface area contributed by atoms with Gasteiger partial charge < -0.3 is 15.2 Å². The maximum absolute atomic E-state index is 12.9. The fourth-order valence-corrected chi connectivity index (χ4v) is 4.97. The molecular weight excluding hydrogens is 426 g/mol. The van der Waals surface area contributed by atoms with Gasteiger partial charge in [0, 0.05) is 11.8 Å². The third kappa shape index (κ3) is 3.05. The second-order valence-corrected chi connectivity index (χ2v) is 8.26. The van der Waals surface area contributed by atoms with Crippen LogP contribution in [0.2, 0.25) is 5.02 Å². The van der Waals surface area contributed by atoms with Crippen LogP contribution in [0.4, 0.5) is 16.2 Å². The highest BCUT2D eigenvalue weighted by molar-refractivity contribution is 8.00. The van der Waals surface area contributed by atoms with Gasteiger partial charge in [-0.15, -0.1) is 0 Å². The Morgan fingerprint density at radius 3 is 2.73 bits per heavy atom. The van der Waals surface area contributed by atoms with Gasteiger partial charge in [0.25, 0.3) is 0 Å². The quantitative estimate of drug-likeness (QED) is 0.595. The summed E-state index contributed by atoms with van der Waals surface area (Å²) in [6.07, 6.45) is 1.57. The molecule has 0 fully saturated rings. The number of nitrogens with zero attached hydrogens (tertiary/aromatic N) is 2. The Morgan fingerprint density at radius 1 is 1.20 bits per heavy atom. The normalized spacial score (nSPS) is 19.2. The van der Waals surface area contributed by atoms with Crippen LogP contribution in [0.15, 0.2) is 65.8 Å². The molecule has 30 heavy (non-hydrogen) atoms. The van der Waals surface area contributed by atoms with Gasteiger partial charge >= 0.3 is 12.0 Å². The minimum Gasteiger partial charge on any atom is -0.480 e. The summed E-state index contributed by atoms with van der Waals surface area (Å²) in [6.45, 7) is 0. The van der Waals surface area contributed by atoms with E-state index in [0.717, 1.165) is 11.8 Å². The Kier molecular flexibility index (Phi) is 4.52. The van der Waals surface area contributed by atoms with Crippen molar-refractivity contribution in [3.63, 3.8) is 0 Å². The summed E-state index contributed by atoms with van der Waals surface area (Å²) >= 11 is 7.57. The first-order valence-electron chi connectivity index (χ1n) is 9.04. The van der Waals surface area contributed by atoms with Crippen LogP contribution in [0, 0.1) is 0 Å². The number of rotatable bonds is 4. The van der Waals surface area contributed by atoms with Crippen LogP contribution in [-0.4, -0.2) is 27.3 Å². The van der Waals surface area contributed by atoms with Crippen LogP contribution in [0.1, 0.15) is 11.6 Å². The van der Waals surface area contributed by atoms with Crippen LogP contribution in [0.3, 0.4) is 0 Å². The molecule has 5 rings (SSSR count). The van der Waals surface area contributed by atoms with Gasteiger partial charge in [-0.1, -0.05) is 41.6 Å². The SMILES string of the molecule is O=C(O)C1Sc2nccc3c2C1NC(=O)N3c1ccc(Oc2ccccc2)c(Cl)c1. The number of amides is 2. The highest BCUT2D eigenvalue weighted by Crippen LogP contribution is 2.50. The maximum atomic E-state index is 12.9. The average molecular weight is 440 g/mol. The number of carbonyl (C=O) groups excluding carboxylic acids is 1. The lowest BCUT2D eigenvalue weighted by Crippen LogP contribution is -2.47. The van der Waals surface area contributed by atoms with Crippen molar-refractivity contribution < 1.29 is 19.4 Å². The molecule has 0 spiro atoms. The number of anilines is 2. The summed E-state index contributed by atoms with van der Waals surface area (Å²) < 4.78 is 5.80. The summed E-state index contributed by atoms with van der Waals surface area (Å²) in [5.74, 6) is 0.117. The molecule has 2 atom stereocenters. The minimum atomic E-state index is -0.992. The molecule has 0 saturated heterocycles. The smallest absolute Gasteiger partial charge is 0.327 e. The highest BCUT2D eigenvalue weighted by Gasteiger charge is 2.46. The van der Waals surface area contributed by atoms with E-state index in [1.807, 2.05) is 30.3 Å². The van der Waals surface area contributed by atoms with Crippen LogP contribution in [-0.2, 0) is 4.79 Å². The standard InChI is InChI=1S/C21H14ClN3O4S/c22-13-10-11(6-7-15(13)29-12-4-2-1-3-5-12)25-14-8-9-23-19-16(14)17(24-21(25)28)18(30-19)20(26)27/h1-10,17-18H,(H,24,28)(H,26,27). The van der Waals surface area contributed by atoms with Crippen LogP contribution in [0.25, 0.3) is 0 Å². The molecule has 2 N–H and O–H groups in total. The number of nitrogens with one attached hydrogen (secondary N) is 1. The Balaban J connectivity index is 1.52. The first-order valence-corrected chi connectivity index (χ1v) is 10.3. The lowest BCUT2D eigenvalue weighted by molar-refractivity contribution is -0.136. The van der Waals surface area contributed by atoms with Gasteiger partial charge in [0.1, 0.15) is 21.8 Å². The van der Waals surface area contributed by atoms with E-state index >= 15 is 0 Å². The third-order valence-corrected chi connectivity index (χ3v) is 6.47. The van der Waals surface area contributed by atoms with Gasteiger partial charge in [0.05, 0.1) is 22.4 Å². The number of thioether (sulfide) groups is 1. The topological polar surface area (TPSA) is 91.8 Å². The number of para-hydroxylation sites is 1. The van der Waals surface area contributed by atoms with Gasteiger partial charge in [0.15, 0.2) is 0 Å². The van der Waals surface area contributed by atoms with Gasteiger partial charge in [-0.3, -0.25) is 9.69 Å². The summed E-state index contributed by atoms with van der Waals surface area (Å²) in [6, 6.07) is 15.0. The average Bonchev–Trinajstić information content (AvgIpc) is 3.11. The summed E-state index contributed by atoms with van der Waals surface area (Å²) in [7, 11) is 0. The number of benzene rings is 2. The van der Waals surface area contributed by atoms with E-state index in [9.17, 15) is 14.7 Å². The summed E-state index contributed by atoms with van der Waals surface area (Å²) in [4.78, 5) is 30.3. The molecule has 150 valence electrons. The number of ether oxygens (including phenoxy) is 1. The van der Waals surface area contributed by atoms with E-state index < -0.39 is 23.3 Å². The van der Waals surface area contributed by atoms with Crippen molar-refractivity contribution in [2.45, 2.75) is 16.3 Å². The van der Waals surface area contributed by atoms with Crippen LogP contribution < -0.4 is 15.0 Å². The Bertz CT molecular complexity index is 1170. The zero-order valence-corrected chi connectivity index (χ0v) is 16.9. The number of urea groups is 1. The zero-order chi connectivity index (χ0) is 20.8. The van der Waals surface area contributed by atoms with Crippen molar-refractivity contribution in [1.82, 2.24) is 10.3 Å². The molecule has 0 radical (unpaired) electrons. The number of aromatic nitrogens is 1. The molecule has 3 aromatic rings. The number of hydrogen-bond acceptors (Lipinski definition) is 5. The van der Waals surface area contributed by atoms with E-state index in [-0.39, 0.29) is 0 Å². The molecule has 2 aliphatic rings. The van der Waals surface area contributed by atoms with Crippen LogP contribution >= 0.6 is 23.4 Å². The van der Waals surface area contributed by atoms with Gasteiger partial charge in [0.2, 0.25) is 0 Å².